The van der Waals surface area contributed by atoms with E-state index in [1.807, 2.05) is 12.3 Å². The molecule has 0 unspecified atom stereocenters. The zero-order chi connectivity index (χ0) is 27.4. The molecule has 3 aromatic carbocycles. The summed E-state index contributed by atoms with van der Waals surface area (Å²) in [5.41, 5.74) is 11.0. The van der Waals surface area contributed by atoms with Gasteiger partial charge in [-0.05, 0) is 60.7 Å². The smallest absolute Gasteiger partial charge is 0.227 e. The molecule has 4 heterocycles. The van der Waals surface area contributed by atoms with E-state index in [-0.39, 0.29) is 0 Å². The first-order valence-corrected chi connectivity index (χ1v) is 13.8. The van der Waals surface area contributed by atoms with Crippen LogP contribution in [0.3, 0.4) is 0 Å². The first-order chi connectivity index (χ1) is 19.5. The molecule has 0 N–H and O–H groups in total. The Hall–Kier alpha value is -4.77. The van der Waals surface area contributed by atoms with E-state index in [4.69, 9.17) is 19.4 Å². The molecule has 0 saturated heterocycles. The van der Waals surface area contributed by atoms with E-state index in [2.05, 4.69) is 111 Å². The lowest BCUT2D eigenvalue weighted by Crippen LogP contribution is -2.03. The van der Waals surface area contributed by atoms with Crippen molar-refractivity contribution in [3.8, 4) is 22.6 Å². The molecule has 0 spiro atoms. The highest BCUT2D eigenvalue weighted by Crippen LogP contribution is 2.38. The third-order valence-electron chi connectivity index (χ3n) is 7.77. The minimum absolute atomic E-state index is 0.322. The van der Waals surface area contributed by atoms with Gasteiger partial charge in [-0.1, -0.05) is 74.5 Å². The molecule has 5 heteroatoms. The average molecular weight is 523 g/mol. The number of hydrogen-bond acceptors (Lipinski definition) is 4. The van der Waals surface area contributed by atoms with Gasteiger partial charge in [0.25, 0.3) is 0 Å². The maximum Gasteiger partial charge on any atom is 0.227 e. The van der Waals surface area contributed by atoms with Crippen molar-refractivity contribution in [1.82, 2.24) is 19.5 Å². The minimum Gasteiger partial charge on any atom is -0.437 e. The predicted molar refractivity (Wildman–Crippen MR) is 163 cm³/mol. The van der Waals surface area contributed by atoms with E-state index >= 15 is 0 Å². The number of aromatic nitrogens is 4. The van der Waals surface area contributed by atoms with Crippen LogP contribution in [0.4, 0.5) is 0 Å². The van der Waals surface area contributed by atoms with Gasteiger partial charge >= 0.3 is 0 Å². The molecule has 196 valence electrons. The van der Waals surface area contributed by atoms with Gasteiger partial charge in [-0.2, -0.15) is 0 Å². The lowest BCUT2D eigenvalue weighted by molar-refractivity contribution is 0.654. The zero-order valence-corrected chi connectivity index (χ0v) is 23.1. The molecular formula is C35H30N4O. The molecular weight excluding hydrogens is 492 g/mol. The fourth-order valence-corrected chi connectivity index (χ4v) is 5.70. The molecule has 0 saturated carbocycles. The van der Waals surface area contributed by atoms with Crippen molar-refractivity contribution in [2.24, 2.45) is 0 Å². The number of aryl methyl sites for hydroxylation is 2. The maximum atomic E-state index is 6.56. The largest absolute Gasteiger partial charge is 0.437 e. The SMILES string of the molecule is Cc1cccc(C)c1-c1ccc2c(n1)oc1c(-c3nc4cc(C(C)C)ncc4n3Cc3ccccc3)cccc12. The molecule has 4 aromatic heterocycles. The quantitative estimate of drug-likeness (QED) is 0.227. The maximum absolute atomic E-state index is 6.56. The molecule has 40 heavy (non-hydrogen) atoms. The monoisotopic (exact) mass is 522 g/mol. The Morgan fingerprint density at radius 1 is 0.800 bits per heavy atom. The number of furan rings is 1. The summed E-state index contributed by atoms with van der Waals surface area (Å²) >= 11 is 0. The highest BCUT2D eigenvalue weighted by molar-refractivity contribution is 6.08. The van der Waals surface area contributed by atoms with Crippen LogP contribution >= 0.6 is 0 Å². The van der Waals surface area contributed by atoms with Crippen molar-refractivity contribution in [2.75, 3.05) is 0 Å². The van der Waals surface area contributed by atoms with Crippen molar-refractivity contribution in [1.29, 1.82) is 0 Å². The van der Waals surface area contributed by atoms with Crippen LogP contribution < -0.4 is 0 Å². The van der Waals surface area contributed by atoms with Crippen molar-refractivity contribution < 1.29 is 4.42 Å². The van der Waals surface area contributed by atoms with E-state index < -0.39 is 0 Å². The fraction of sp³-hybridized carbons (Fsp3) is 0.171. The number of benzene rings is 3. The fourth-order valence-electron chi connectivity index (χ4n) is 5.70. The average Bonchev–Trinajstić information content (AvgIpc) is 3.51. The number of para-hydroxylation sites is 1. The van der Waals surface area contributed by atoms with Crippen LogP contribution in [0.5, 0.6) is 0 Å². The molecule has 7 rings (SSSR count). The first-order valence-electron chi connectivity index (χ1n) is 13.8. The molecule has 0 aliphatic rings. The molecule has 0 atom stereocenters. The van der Waals surface area contributed by atoms with Crippen LogP contribution in [-0.2, 0) is 6.54 Å². The topological polar surface area (TPSA) is 56.7 Å². The molecule has 0 aliphatic carbocycles. The molecule has 0 amide bonds. The van der Waals surface area contributed by atoms with Gasteiger partial charge in [0.2, 0.25) is 5.71 Å². The molecule has 5 nitrogen and oxygen atoms in total. The number of rotatable bonds is 5. The van der Waals surface area contributed by atoms with E-state index in [1.165, 1.54) is 16.7 Å². The number of imidazole rings is 1. The van der Waals surface area contributed by atoms with E-state index in [1.54, 1.807) is 0 Å². The van der Waals surface area contributed by atoms with Crippen LogP contribution in [0.25, 0.3) is 55.7 Å². The minimum atomic E-state index is 0.322. The third kappa shape index (κ3) is 3.97. The molecule has 0 fully saturated rings. The zero-order valence-electron chi connectivity index (χ0n) is 23.1. The summed E-state index contributed by atoms with van der Waals surface area (Å²) < 4.78 is 8.81. The second kappa shape index (κ2) is 9.45. The van der Waals surface area contributed by atoms with Gasteiger partial charge in [0.15, 0.2) is 0 Å². The summed E-state index contributed by atoms with van der Waals surface area (Å²) in [6, 6.07) is 29.4. The number of hydrogen-bond donors (Lipinski definition) is 0. The van der Waals surface area contributed by atoms with Crippen molar-refractivity contribution in [3.63, 3.8) is 0 Å². The molecule has 0 bridgehead atoms. The van der Waals surface area contributed by atoms with Gasteiger partial charge < -0.3 is 8.98 Å². The molecule has 0 radical (unpaired) electrons. The highest BCUT2D eigenvalue weighted by Gasteiger charge is 2.21. The standard InChI is InChI=1S/C35H30N4O/c1-21(2)29-18-30-31(19-36-29)39(20-24-12-6-5-7-13-24)34(37-30)27-15-9-14-25-26-16-17-28(38-35(26)40-33(25)27)32-22(3)10-8-11-23(32)4/h5-19,21H,20H2,1-4H3. The van der Waals surface area contributed by atoms with Gasteiger partial charge in [-0.3, -0.25) is 4.98 Å². The lowest BCUT2D eigenvalue weighted by Gasteiger charge is -2.10. The Morgan fingerprint density at radius 3 is 2.35 bits per heavy atom. The number of pyridine rings is 2. The Morgan fingerprint density at radius 2 is 1.57 bits per heavy atom. The summed E-state index contributed by atoms with van der Waals surface area (Å²) in [4.78, 5) is 14.9. The van der Waals surface area contributed by atoms with Gasteiger partial charge in [0.05, 0.1) is 28.5 Å². The van der Waals surface area contributed by atoms with Crippen LogP contribution in [0, 0.1) is 13.8 Å². The van der Waals surface area contributed by atoms with E-state index in [0.29, 0.717) is 18.2 Å². The summed E-state index contributed by atoms with van der Waals surface area (Å²) in [5, 5.41) is 2.04. The van der Waals surface area contributed by atoms with Crippen LogP contribution in [0.2, 0.25) is 0 Å². The lowest BCUT2D eigenvalue weighted by atomic mass is 9.99. The Balaban J connectivity index is 1.45. The second-order valence-electron chi connectivity index (χ2n) is 10.9. The normalized spacial score (nSPS) is 11.8. The summed E-state index contributed by atoms with van der Waals surface area (Å²) in [5.74, 6) is 1.18. The Labute approximate surface area is 233 Å². The van der Waals surface area contributed by atoms with Crippen molar-refractivity contribution in [2.45, 2.75) is 40.2 Å². The van der Waals surface area contributed by atoms with Gasteiger partial charge in [0, 0.05) is 28.6 Å². The second-order valence-corrected chi connectivity index (χ2v) is 10.9. The Kier molecular flexibility index (Phi) is 5.74. The third-order valence-corrected chi connectivity index (χ3v) is 7.77. The summed E-state index contributed by atoms with van der Waals surface area (Å²) in [6.45, 7) is 9.25. The van der Waals surface area contributed by atoms with E-state index in [9.17, 15) is 0 Å². The summed E-state index contributed by atoms with van der Waals surface area (Å²) in [7, 11) is 0. The number of fused-ring (bicyclic) bond motifs is 4. The van der Waals surface area contributed by atoms with Gasteiger partial charge in [-0.25, -0.2) is 9.97 Å². The van der Waals surface area contributed by atoms with Crippen LogP contribution in [-0.4, -0.2) is 19.5 Å². The van der Waals surface area contributed by atoms with Crippen molar-refractivity contribution in [3.05, 3.63) is 114 Å². The van der Waals surface area contributed by atoms with E-state index in [0.717, 1.165) is 55.7 Å². The first kappa shape index (κ1) is 24.3. The van der Waals surface area contributed by atoms with Gasteiger partial charge in [0.1, 0.15) is 11.4 Å². The predicted octanol–water partition coefficient (Wildman–Crippen LogP) is 8.85. The highest BCUT2D eigenvalue weighted by atomic mass is 16.3. The van der Waals surface area contributed by atoms with Gasteiger partial charge in [-0.15, -0.1) is 0 Å². The molecule has 0 aliphatic heterocycles. The van der Waals surface area contributed by atoms with Crippen LogP contribution in [0.1, 0.15) is 42.1 Å². The summed E-state index contributed by atoms with van der Waals surface area (Å²) in [6.07, 6.45) is 1.96. The van der Waals surface area contributed by atoms with Crippen LogP contribution in [0.15, 0.2) is 95.5 Å². The van der Waals surface area contributed by atoms with Crippen molar-refractivity contribution >= 4 is 33.1 Å². The Bertz CT molecular complexity index is 2010. The molecule has 7 aromatic rings. The number of nitrogens with zero attached hydrogens (tertiary/aromatic N) is 4.